The molecule has 0 aromatic carbocycles. The van der Waals surface area contributed by atoms with Crippen LogP contribution < -0.4 is 0 Å². The van der Waals surface area contributed by atoms with Crippen LogP contribution in [0, 0.1) is 0 Å². The van der Waals surface area contributed by atoms with E-state index in [1.165, 1.54) is 6.08 Å². The average Bonchev–Trinajstić information content (AvgIpc) is 2.35. The third-order valence-electron chi connectivity index (χ3n) is 2.90. The molecule has 0 fully saturated rings. The smallest absolute Gasteiger partial charge is 0.463 e. The largest absolute Gasteiger partial charge is 0.616 e. The quantitative estimate of drug-likeness (QED) is 0.165. The van der Waals surface area contributed by atoms with Crippen LogP contribution in [0.25, 0.3) is 0 Å². The van der Waals surface area contributed by atoms with Gasteiger partial charge in [-0.25, -0.2) is 17.1 Å². The van der Waals surface area contributed by atoms with E-state index >= 15 is 0 Å². The van der Waals surface area contributed by atoms with Gasteiger partial charge in [0.05, 0.1) is 6.61 Å². The lowest BCUT2D eigenvalue weighted by atomic mass is 10.1. The molecule has 0 radical (unpaired) electrons. The zero-order valence-electron chi connectivity index (χ0n) is 12.2. The maximum Gasteiger partial charge on any atom is 0.616 e. The van der Waals surface area contributed by atoms with Gasteiger partial charge in [-0.3, -0.25) is 0 Å². The lowest BCUT2D eigenvalue weighted by Gasteiger charge is -2.04. The lowest BCUT2D eigenvalue weighted by molar-refractivity contribution is -0.137. The van der Waals surface area contributed by atoms with Crippen molar-refractivity contribution in [3.63, 3.8) is 0 Å². The van der Waals surface area contributed by atoms with Gasteiger partial charge in [0.2, 0.25) is 0 Å². The molecule has 0 aliphatic carbocycles. The van der Waals surface area contributed by atoms with Gasteiger partial charge < -0.3 is 4.74 Å². The fourth-order valence-corrected chi connectivity index (χ4v) is 2.50. The number of rotatable bonds is 12. The van der Waals surface area contributed by atoms with Gasteiger partial charge in [0.25, 0.3) is 0 Å². The topological polar surface area (TPSA) is 26.3 Å². The van der Waals surface area contributed by atoms with E-state index in [9.17, 15) is 17.1 Å². The molecule has 0 N–H and O–H groups in total. The van der Waals surface area contributed by atoms with Gasteiger partial charge in [0, 0.05) is 12.1 Å². The number of carbonyl (C=O) groups excluding carboxylic acids is 1. The molecule has 0 rings (SSSR count). The maximum absolute atomic E-state index is 12.0. The number of esters is 1. The predicted molar refractivity (Wildman–Crippen MR) is 76.6 cm³/mol. The van der Waals surface area contributed by atoms with Crippen LogP contribution >= 0.6 is 0 Å². The molecule has 0 unspecified atom stereocenters. The van der Waals surface area contributed by atoms with Gasteiger partial charge in [0.15, 0.2) is 0 Å². The van der Waals surface area contributed by atoms with E-state index in [2.05, 4.69) is 0 Å². The van der Waals surface area contributed by atoms with Crippen LogP contribution in [0.3, 0.4) is 0 Å². The zero-order valence-corrected chi connectivity index (χ0v) is 13.2. The minimum Gasteiger partial charge on any atom is -0.463 e. The van der Waals surface area contributed by atoms with Crippen molar-refractivity contribution in [2.75, 3.05) is 6.61 Å². The second kappa shape index (κ2) is 12.0. The van der Waals surface area contributed by atoms with Crippen LogP contribution in [0.4, 0.5) is 12.3 Å². The van der Waals surface area contributed by atoms with Crippen molar-refractivity contribution < 1.29 is 21.9 Å². The Hall–Kier alpha value is -0.783. The molecule has 0 spiro atoms. The molecule has 0 saturated carbocycles. The standard InChI is InChI=1S/C14H25F3O2Si/c1-2-11-14(18)19-12-9-7-5-3-4-6-8-10-13-20(15,16)17/h2,11H,3-10,12-13H2,1H3. The third-order valence-corrected chi connectivity index (χ3v) is 3.82. The highest BCUT2D eigenvalue weighted by molar-refractivity contribution is 6.58. The third kappa shape index (κ3) is 15.3. The Bertz CT molecular complexity index is 278. The minimum absolute atomic E-state index is 0.302. The number of halogens is 3. The Morgan fingerprint density at radius 1 is 0.950 bits per heavy atom. The first kappa shape index (κ1) is 19.2. The number of unbranched alkanes of at least 4 members (excludes halogenated alkanes) is 7. The molecular weight excluding hydrogens is 285 g/mol. The highest BCUT2D eigenvalue weighted by atomic mass is 28.5. The molecule has 0 bridgehead atoms. The van der Waals surface area contributed by atoms with Crippen molar-refractivity contribution in [1.29, 1.82) is 0 Å². The zero-order chi connectivity index (χ0) is 15.3. The Labute approximate surface area is 120 Å². The molecule has 0 aliphatic rings. The van der Waals surface area contributed by atoms with E-state index in [0.717, 1.165) is 38.5 Å². The minimum atomic E-state index is -5.31. The highest BCUT2D eigenvalue weighted by Crippen LogP contribution is 2.19. The molecule has 6 heteroatoms. The predicted octanol–water partition coefficient (Wildman–Crippen LogP) is 5.07. The van der Waals surface area contributed by atoms with Gasteiger partial charge in [0.1, 0.15) is 0 Å². The fraction of sp³-hybridized carbons (Fsp3) is 0.786. The van der Waals surface area contributed by atoms with Gasteiger partial charge in [-0.05, 0) is 19.8 Å². The van der Waals surface area contributed by atoms with E-state index in [-0.39, 0.29) is 5.97 Å². The van der Waals surface area contributed by atoms with Crippen molar-refractivity contribution in [2.45, 2.75) is 64.3 Å². The molecule has 0 amide bonds. The summed E-state index contributed by atoms with van der Waals surface area (Å²) in [6.07, 6.45) is 9.86. The summed E-state index contributed by atoms with van der Waals surface area (Å²) in [6.45, 7) is 2.21. The van der Waals surface area contributed by atoms with Crippen molar-refractivity contribution in [3.8, 4) is 0 Å². The van der Waals surface area contributed by atoms with Crippen molar-refractivity contribution in [3.05, 3.63) is 12.2 Å². The molecule has 0 aliphatic heterocycles. The summed E-state index contributed by atoms with van der Waals surface area (Å²) in [4.78, 5) is 11.0. The van der Waals surface area contributed by atoms with Gasteiger partial charge in [-0.15, -0.1) is 0 Å². The Kier molecular flexibility index (Phi) is 11.5. The summed E-state index contributed by atoms with van der Waals surface area (Å²) in [7, 11) is -5.31. The first-order valence-corrected chi connectivity index (χ1v) is 9.16. The molecule has 0 saturated heterocycles. The molecule has 0 atom stereocenters. The first-order chi connectivity index (χ1) is 9.45. The second-order valence-electron chi connectivity index (χ2n) is 4.86. The fourth-order valence-electron chi connectivity index (χ4n) is 1.85. The summed E-state index contributed by atoms with van der Waals surface area (Å²) in [5.74, 6) is -0.305. The Balaban J connectivity index is 3.16. The number of hydrogen-bond acceptors (Lipinski definition) is 2. The first-order valence-electron chi connectivity index (χ1n) is 7.32. The van der Waals surface area contributed by atoms with Crippen LogP contribution in [0.5, 0.6) is 0 Å². The monoisotopic (exact) mass is 310 g/mol. The van der Waals surface area contributed by atoms with Gasteiger partial charge >= 0.3 is 15.0 Å². The summed E-state index contributed by atoms with van der Waals surface area (Å²) >= 11 is 0. The van der Waals surface area contributed by atoms with Crippen LogP contribution in [0.15, 0.2) is 12.2 Å². The summed E-state index contributed by atoms with van der Waals surface area (Å²) in [6, 6.07) is -0.523. The van der Waals surface area contributed by atoms with Crippen molar-refractivity contribution in [1.82, 2.24) is 0 Å². The summed E-state index contributed by atoms with van der Waals surface area (Å²) in [5, 5.41) is 0. The number of allylic oxidation sites excluding steroid dienone is 1. The van der Waals surface area contributed by atoms with E-state index in [0.29, 0.717) is 19.4 Å². The normalized spacial score (nSPS) is 12.0. The van der Waals surface area contributed by atoms with Gasteiger partial charge in [-0.1, -0.05) is 44.6 Å². The SMILES string of the molecule is CC=CC(=O)OCCCCCCCCCC[Si](F)(F)F. The number of hydrogen-bond donors (Lipinski definition) is 0. The molecular formula is C14H25F3O2Si. The van der Waals surface area contributed by atoms with E-state index in [1.54, 1.807) is 13.0 Å². The van der Waals surface area contributed by atoms with E-state index in [1.807, 2.05) is 0 Å². The van der Waals surface area contributed by atoms with Crippen molar-refractivity contribution >= 4 is 15.0 Å². The van der Waals surface area contributed by atoms with Gasteiger partial charge in [-0.2, -0.15) is 0 Å². The molecule has 20 heavy (non-hydrogen) atoms. The molecule has 2 nitrogen and oxygen atoms in total. The maximum atomic E-state index is 12.0. The van der Waals surface area contributed by atoms with E-state index < -0.39 is 15.1 Å². The average molecular weight is 310 g/mol. The van der Waals surface area contributed by atoms with Crippen LogP contribution in [-0.2, 0) is 9.53 Å². The van der Waals surface area contributed by atoms with Crippen molar-refractivity contribution in [2.24, 2.45) is 0 Å². The Morgan fingerprint density at radius 3 is 1.95 bits per heavy atom. The lowest BCUT2D eigenvalue weighted by Crippen LogP contribution is -2.13. The van der Waals surface area contributed by atoms with E-state index in [4.69, 9.17) is 4.74 Å². The molecule has 0 aromatic heterocycles. The molecule has 118 valence electrons. The number of carbonyl (C=O) groups is 1. The highest BCUT2D eigenvalue weighted by Gasteiger charge is 2.35. The summed E-state index contributed by atoms with van der Waals surface area (Å²) < 4.78 is 41.0. The second-order valence-corrected chi connectivity index (χ2v) is 6.59. The van der Waals surface area contributed by atoms with Crippen LogP contribution in [-0.4, -0.2) is 21.7 Å². The Morgan fingerprint density at radius 2 is 1.45 bits per heavy atom. The van der Waals surface area contributed by atoms with Crippen LogP contribution in [0.1, 0.15) is 58.3 Å². The molecule has 0 heterocycles. The number of ether oxygens (including phenoxy) is 1. The van der Waals surface area contributed by atoms with Crippen LogP contribution in [0.2, 0.25) is 6.04 Å². The summed E-state index contributed by atoms with van der Waals surface area (Å²) in [5.41, 5.74) is 0. The molecule has 0 aromatic rings.